The highest BCUT2D eigenvalue weighted by molar-refractivity contribution is 5.76. The van der Waals surface area contributed by atoms with E-state index in [1.165, 1.54) is 347 Å². The number of ether oxygens (including phenoxy) is 6. The highest BCUT2D eigenvalue weighted by atomic mass is 16.8. The van der Waals surface area contributed by atoms with Crippen LogP contribution in [0.5, 0.6) is 0 Å². The fourth-order valence-electron chi connectivity index (χ4n) is 16.6. The summed E-state index contributed by atoms with van der Waals surface area (Å²) >= 11 is 0. The van der Waals surface area contributed by atoms with Gasteiger partial charge in [0, 0.05) is 6.42 Å². The normalized spacial score (nSPS) is 24.6. The van der Waals surface area contributed by atoms with Gasteiger partial charge in [-0.3, -0.25) is 4.79 Å². The maximum absolute atomic E-state index is 13.5. The number of aliphatic hydroxyl groups is 11. The maximum Gasteiger partial charge on any atom is 0.220 e. The van der Waals surface area contributed by atoms with Crippen molar-refractivity contribution in [3.05, 3.63) is 48.6 Å². The molecular weight excluding hydrogens is 1470 g/mol. The van der Waals surface area contributed by atoms with Gasteiger partial charge in [-0.05, 0) is 57.8 Å². The van der Waals surface area contributed by atoms with Gasteiger partial charge in [0.15, 0.2) is 18.9 Å². The lowest BCUT2D eigenvalue weighted by molar-refractivity contribution is -0.379. The van der Waals surface area contributed by atoms with E-state index in [1.807, 2.05) is 6.08 Å². The number of hydrogen-bond acceptors (Lipinski definition) is 18. The number of nitrogens with one attached hydrogen (secondary N) is 1. The average Bonchev–Trinajstić information content (AvgIpc) is 0.783. The fraction of sp³-hybridized carbons (Fsp3) is 0.907. The molecule has 3 heterocycles. The molecule has 0 aromatic heterocycles. The largest absolute Gasteiger partial charge is 0.394 e. The van der Waals surface area contributed by atoms with Gasteiger partial charge in [-0.1, -0.05) is 416 Å². The number of unbranched alkanes of at least 4 members (excludes halogenated alkanes) is 59. The molecule has 12 N–H and O–H groups in total. The van der Waals surface area contributed by atoms with Crippen LogP contribution in [0.25, 0.3) is 0 Å². The molecule has 0 saturated carbocycles. The molecule has 0 aromatic rings. The molecule has 0 bridgehead atoms. The first kappa shape index (κ1) is 108. The number of carbonyl (C=O) groups is 1. The van der Waals surface area contributed by atoms with E-state index in [4.69, 9.17) is 28.4 Å². The predicted molar refractivity (Wildman–Crippen MR) is 471 cm³/mol. The van der Waals surface area contributed by atoms with E-state index in [9.17, 15) is 61.0 Å². The highest BCUT2D eigenvalue weighted by Crippen LogP contribution is 2.34. The molecule has 19 heteroatoms. The van der Waals surface area contributed by atoms with Crippen LogP contribution in [0.1, 0.15) is 431 Å². The molecule has 682 valence electrons. The van der Waals surface area contributed by atoms with E-state index in [0.29, 0.717) is 6.42 Å². The van der Waals surface area contributed by atoms with Crippen molar-refractivity contribution >= 4 is 5.91 Å². The number of allylic oxidation sites excluding steroid dienone is 7. The van der Waals surface area contributed by atoms with Crippen LogP contribution in [0.3, 0.4) is 0 Å². The molecule has 3 rings (SSSR count). The summed E-state index contributed by atoms with van der Waals surface area (Å²) < 4.78 is 34.6. The van der Waals surface area contributed by atoms with Crippen LogP contribution < -0.4 is 5.32 Å². The molecule has 3 fully saturated rings. The van der Waals surface area contributed by atoms with Gasteiger partial charge < -0.3 is 89.9 Å². The summed E-state index contributed by atoms with van der Waals surface area (Å²) in [6.07, 6.45) is 74.3. The topological polar surface area (TPSA) is 307 Å². The highest BCUT2D eigenvalue weighted by Gasteiger charge is 2.54. The Morgan fingerprint density at radius 1 is 0.310 bits per heavy atom. The Labute approximate surface area is 707 Å². The van der Waals surface area contributed by atoms with Crippen LogP contribution in [-0.2, 0) is 33.2 Å². The second-order valence-electron chi connectivity index (χ2n) is 34.9. The molecular formula is C97H181NO18. The van der Waals surface area contributed by atoms with Gasteiger partial charge >= 0.3 is 0 Å². The lowest BCUT2D eigenvalue weighted by atomic mass is 9.96. The van der Waals surface area contributed by atoms with Crippen molar-refractivity contribution in [3.63, 3.8) is 0 Å². The number of hydrogen-bond donors (Lipinski definition) is 12. The lowest BCUT2D eigenvalue weighted by Crippen LogP contribution is -2.66. The Hall–Kier alpha value is -2.25. The van der Waals surface area contributed by atoms with Gasteiger partial charge in [-0.25, -0.2) is 0 Å². The van der Waals surface area contributed by atoms with Crippen LogP contribution in [-0.4, -0.2) is 193 Å². The first-order chi connectivity index (χ1) is 56.8. The van der Waals surface area contributed by atoms with Crippen molar-refractivity contribution in [1.82, 2.24) is 5.32 Å². The second-order valence-corrected chi connectivity index (χ2v) is 34.9. The average molecular weight is 1650 g/mol. The molecule has 0 aliphatic carbocycles. The Balaban J connectivity index is 1.28. The molecule has 17 atom stereocenters. The SMILES string of the molecule is CCCCCCC/C=C\C/C=C\C/C=C\CCCCCCCCCCCCCCCCCCCCCCCCCCCCC(=O)NC(COC1OC(CO)C(OC2OC(CO)C(OC3OC(CO)C(O)C(O)C3O)C(O)C2O)C(O)C1O)C(O)/C=C/CCCCCCCCCCCCCCCCCCCCCCCCCCCCCC. The zero-order valence-electron chi connectivity index (χ0n) is 74.0. The summed E-state index contributed by atoms with van der Waals surface area (Å²) in [7, 11) is 0. The molecule has 19 nitrogen and oxygen atoms in total. The minimum Gasteiger partial charge on any atom is -0.394 e. The van der Waals surface area contributed by atoms with E-state index in [2.05, 4.69) is 55.6 Å². The summed E-state index contributed by atoms with van der Waals surface area (Å²) in [6.45, 7) is 1.80. The van der Waals surface area contributed by atoms with Gasteiger partial charge in [0.25, 0.3) is 0 Å². The Morgan fingerprint density at radius 2 is 0.569 bits per heavy atom. The van der Waals surface area contributed by atoms with Gasteiger partial charge in [0.05, 0.1) is 38.6 Å². The number of rotatable bonds is 81. The summed E-state index contributed by atoms with van der Waals surface area (Å²) in [5.74, 6) is -0.266. The third-order valence-electron chi connectivity index (χ3n) is 24.4. The number of aliphatic hydroxyl groups excluding tert-OH is 11. The van der Waals surface area contributed by atoms with Gasteiger partial charge in [0.2, 0.25) is 5.91 Å². The van der Waals surface area contributed by atoms with Crippen LogP contribution in [0, 0.1) is 0 Å². The standard InChI is InChI=1S/C97H181NO18/c1-3-5-7-9-11-13-15-17-19-21-23-25-27-29-31-33-35-36-37-38-39-40-41-42-43-44-45-47-49-51-53-55-57-59-61-63-65-67-69-71-73-75-85(103)98-80(81(102)74-72-70-68-66-64-62-60-58-56-54-52-50-48-46-34-32-30-28-26-24-22-20-18-16-14-12-10-8-6-4-2)79-111-95-91(109)88(106)93(83(77-100)113-95)116-97-92(110)89(107)94(84(78-101)114-97)115-96-90(108)87(105)86(104)82(76-99)112-96/h15,17,21,23,27,29,72,74,80-84,86-97,99-102,104-110H,3-14,16,18-20,22,24-26,28,30-71,73,75-79H2,1-2H3,(H,98,103)/b17-15-,23-21-,29-27-,74-72+. The van der Waals surface area contributed by atoms with E-state index < -0.39 is 124 Å². The fourth-order valence-corrected chi connectivity index (χ4v) is 16.6. The molecule has 3 aliphatic heterocycles. The van der Waals surface area contributed by atoms with Gasteiger partial charge in [0.1, 0.15) is 73.2 Å². The molecule has 1 amide bonds. The lowest BCUT2D eigenvalue weighted by Gasteiger charge is -2.48. The summed E-state index contributed by atoms with van der Waals surface area (Å²) in [6, 6.07) is -0.974. The molecule has 0 aromatic carbocycles. The van der Waals surface area contributed by atoms with Crippen molar-refractivity contribution in [2.45, 2.75) is 535 Å². The molecule has 0 radical (unpaired) electrons. The minimum absolute atomic E-state index is 0.248. The van der Waals surface area contributed by atoms with Crippen LogP contribution >= 0.6 is 0 Å². The summed E-state index contributed by atoms with van der Waals surface area (Å²) in [5.41, 5.74) is 0. The Bertz CT molecular complexity index is 2280. The van der Waals surface area contributed by atoms with E-state index in [0.717, 1.165) is 57.8 Å². The molecule has 0 spiro atoms. The first-order valence-corrected chi connectivity index (χ1v) is 48.9. The van der Waals surface area contributed by atoms with Crippen LogP contribution in [0.15, 0.2) is 48.6 Å². The molecule has 3 saturated heterocycles. The number of carbonyl (C=O) groups excluding carboxylic acids is 1. The predicted octanol–water partition coefficient (Wildman–Crippen LogP) is 19.9. The van der Waals surface area contributed by atoms with E-state index in [-0.39, 0.29) is 18.9 Å². The van der Waals surface area contributed by atoms with Crippen molar-refractivity contribution in [2.24, 2.45) is 0 Å². The number of amides is 1. The zero-order valence-corrected chi connectivity index (χ0v) is 74.0. The second kappa shape index (κ2) is 76.4. The Kier molecular flexibility index (Phi) is 71.1. The monoisotopic (exact) mass is 1650 g/mol. The quantitative estimate of drug-likeness (QED) is 0.0199. The van der Waals surface area contributed by atoms with E-state index in [1.54, 1.807) is 6.08 Å². The first-order valence-electron chi connectivity index (χ1n) is 48.9. The van der Waals surface area contributed by atoms with Gasteiger partial charge in [-0.2, -0.15) is 0 Å². The van der Waals surface area contributed by atoms with Crippen LogP contribution in [0.4, 0.5) is 0 Å². The smallest absolute Gasteiger partial charge is 0.220 e. The molecule has 17 unspecified atom stereocenters. The van der Waals surface area contributed by atoms with Crippen molar-refractivity contribution in [1.29, 1.82) is 0 Å². The van der Waals surface area contributed by atoms with Crippen molar-refractivity contribution in [2.75, 3.05) is 26.4 Å². The third-order valence-corrected chi connectivity index (χ3v) is 24.4. The van der Waals surface area contributed by atoms with Crippen molar-refractivity contribution in [3.8, 4) is 0 Å². The minimum atomic E-state index is -1.98. The van der Waals surface area contributed by atoms with E-state index >= 15 is 0 Å². The maximum atomic E-state index is 13.5. The third kappa shape index (κ3) is 53.7. The molecule has 116 heavy (non-hydrogen) atoms. The summed E-state index contributed by atoms with van der Waals surface area (Å²) in [4.78, 5) is 13.5. The van der Waals surface area contributed by atoms with Gasteiger partial charge in [-0.15, -0.1) is 0 Å². The van der Waals surface area contributed by atoms with Crippen LogP contribution in [0.2, 0.25) is 0 Å². The zero-order chi connectivity index (χ0) is 83.8. The Morgan fingerprint density at radius 3 is 0.888 bits per heavy atom. The van der Waals surface area contributed by atoms with Crippen molar-refractivity contribution < 1.29 is 89.4 Å². The molecule has 3 aliphatic rings. The summed E-state index contributed by atoms with van der Waals surface area (Å²) in [5, 5.41) is 121.